The Hall–Kier alpha value is -2.83. The summed E-state index contributed by atoms with van der Waals surface area (Å²) in [5.41, 5.74) is 7.09. The Morgan fingerprint density at radius 3 is 2.67 bits per heavy atom. The molecule has 0 saturated heterocycles. The molecule has 2 aromatic rings. The number of carbonyl (C=O) groups is 2. The maximum absolute atomic E-state index is 11.9. The molecule has 2 rings (SSSR count). The van der Waals surface area contributed by atoms with Crippen molar-refractivity contribution in [2.24, 2.45) is 0 Å². The minimum absolute atomic E-state index is 0.0289. The minimum Gasteiger partial charge on any atom is -0.452 e. The van der Waals surface area contributed by atoms with Gasteiger partial charge in [0, 0.05) is 6.04 Å². The molecule has 1 amide bonds. The Labute approximate surface area is 140 Å². The highest BCUT2D eigenvalue weighted by Crippen LogP contribution is 2.16. The van der Waals surface area contributed by atoms with E-state index in [1.54, 1.807) is 6.92 Å². The third-order valence-corrected chi connectivity index (χ3v) is 3.54. The third-order valence-electron chi connectivity index (χ3n) is 3.54. The molecule has 3 N–H and O–H groups in total. The number of amides is 1. The second-order valence-electron chi connectivity index (χ2n) is 5.58. The molecule has 0 radical (unpaired) electrons. The number of nitrogen functional groups attached to an aromatic ring is 1. The van der Waals surface area contributed by atoms with Gasteiger partial charge in [-0.3, -0.25) is 4.79 Å². The van der Waals surface area contributed by atoms with Crippen molar-refractivity contribution in [1.29, 1.82) is 0 Å². The van der Waals surface area contributed by atoms with Crippen molar-refractivity contribution in [2.75, 3.05) is 12.3 Å². The molecule has 0 spiro atoms. The lowest BCUT2D eigenvalue weighted by molar-refractivity contribution is -0.124. The van der Waals surface area contributed by atoms with Gasteiger partial charge in [-0.05, 0) is 32.3 Å². The summed E-state index contributed by atoms with van der Waals surface area (Å²) in [6.45, 7) is 3.10. The molecule has 0 aliphatic carbocycles. The average molecular weight is 331 g/mol. The maximum Gasteiger partial charge on any atom is 0.346 e. The van der Waals surface area contributed by atoms with Crippen LogP contribution < -0.4 is 11.1 Å². The number of esters is 1. The molecule has 128 valence electrons. The standard InChI is InChI=1S/C17H21N3O4/c1-11(8-9-13-6-4-3-5-7-13)19-14(21)10-23-17(22)15-12(2)20-24-16(15)18/h3-7,11H,8-10,18H2,1-2H3,(H,19,21)/t11-/m0/s1. The van der Waals surface area contributed by atoms with Gasteiger partial charge in [-0.25, -0.2) is 4.79 Å². The van der Waals surface area contributed by atoms with Crippen molar-refractivity contribution in [3.05, 3.63) is 47.2 Å². The van der Waals surface area contributed by atoms with Crippen LogP contribution in [0.15, 0.2) is 34.9 Å². The predicted octanol–water partition coefficient (Wildman–Crippen LogP) is 1.86. The van der Waals surface area contributed by atoms with E-state index in [2.05, 4.69) is 15.0 Å². The molecule has 24 heavy (non-hydrogen) atoms. The van der Waals surface area contributed by atoms with Crippen molar-refractivity contribution in [3.63, 3.8) is 0 Å². The Morgan fingerprint density at radius 2 is 2.04 bits per heavy atom. The quantitative estimate of drug-likeness (QED) is 0.750. The molecule has 0 aliphatic heterocycles. The lowest BCUT2D eigenvalue weighted by Gasteiger charge is -2.14. The number of hydrogen-bond acceptors (Lipinski definition) is 6. The number of hydrogen-bond donors (Lipinski definition) is 2. The molecule has 0 unspecified atom stereocenters. The number of benzene rings is 1. The fourth-order valence-corrected chi connectivity index (χ4v) is 2.26. The van der Waals surface area contributed by atoms with Gasteiger partial charge in [0.05, 0.1) is 5.69 Å². The van der Waals surface area contributed by atoms with E-state index in [-0.39, 0.29) is 30.0 Å². The number of nitrogens with zero attached hydrogens (tertiary/aromatic N) is 1. The molecule has 0 aliphatic rings. The molecule has 1 heterocycles. The number of nitrogens with two attached hydrogens (primary N) is 1. The van der Waals surface area contributed by atoms with Crippen LogP contribution in [0, 0.1) is 6.92 Å². The van der Waals surface area contributed by atoms with Gasteiger partial charge in [-0.15, -0.1) is 0 Å². The van der Waals surface area contributed by atoms with Gasteiger partial charge in [0.1, 0.15) is 5.56 Å². The van der Waals surface area contributed by atoms with Crippen LogP contribution in [0.1, 0.15) is 35.0 Å². The van der Waals surface area contributed by atoms with E-state index in [0.29, 0.717) is 5.69 Å². The number of anilines is 1. The molecule has 0 bridgehead atoms. The zero-order valence-electron chi connectivity index (χ0n) is 13.7. The van der Waals surface area contributed by atoms with Crippen molar-refractivity contribution in [3.8, 4) is 0 Å². The zero-order valence-corrected chi connectivity index (χ0v) is 13.7. The second kappa shape index (κ2) is 8.14. The van der Waals surface area contributed by atoms with Gasteiger partial charge in [-0.2, -0.15) is 0 Å². The molecule has 7 nitrogen and oxygen atoms in total. The molecule has 0 saturated carbocycles. The van der Waals surface area contributed by atoms with Crippen LogP contribution in [0.5, 0.6) is 0 Å². The third kappa shape index (κ3) is 4.84. The Kier molecular flexibility index (Phi) is 5.95. The Balaban J connectivity index is 1.73. The molecular formula is C17H21N3O4. The molecule has 0 fully saturated rings. The van der Waals surface area contributed by atoms with E-state index in [4.69, 9.17) is 10.5 Å². The number of rotatable bonds is 7. The fraction of sp³-hybridized carbons (Fsp3) is 0.353. The van der Waals surface area contributed by atoms with Crippen LogP contribution in [-0.2, 0) is 16.0 Å². The van der Waals surface area contributed by atoms with E-state index in [9.17, 15) is 9.59 Å². The number of carbonyl (C=O) groups excluding carboxylic acids is 2. The Bertz CT molecular complexity index is 678. The average Bonchev–Trinajstić information content (AvgIpc) is 2.90. The number of ether oxygens (including phenoxy) is 1. The fourth-order valence-electron chi connectivity index (χ4n) is 2.26. The van der Waals surface area contributed by atoms with Gasteiger partial charge >= 0.3 is 5.97 Å². The SMILES string of the molecule is Cc1noc(N)c1C(=O)OCC(=O)N[C@@H](C)CCc1ccccc1. The highest BCUT2D eigenvalue weighted by Gasteiger charge is 2.21. The summed E-state index contributed by atoms with van der Waals surface area (Å²) in [6, 6.07) is 9.99. The van der Waals surface area contributed by atoms with Crippen molar-refractivity contribution < 1.29 is 18.8 Å². The largest absolute Gasteiger partial charge is 0.452 e. The van der Waals surface area contributed by atoms with Crippen molar-refractivity contribution >= 4 is 17.8 Å². The van der Waals surface area contributed by atoms with Crippen LogP contribution in [0.3, 0.4) is 0 Å². The van der Waals surface area contributed by atoms with Crippen LogP contribution in [0.25, 0.3) is 0 Å². The van der Waals surface area contributed by atoms with E-state index in [1.165, 1.54) is 5.56 Å². The van der Waals surface area contributed by atoms with E-state index in [1.807, 2.05) is 37.3 Å². The highest BCUT2D eigenvalue weighted by atomic mass is 16.5. The van der Waals surface area contributed by atoms with E-state index < -0.39 is 5.97 Å². The number of nitrogens with one attached hydrogen (secondary N) is 1. The van der Waals surface area contributed by atoms with Gasteiger partial charge < -0.3 is 20.3 Å². The smallest absolute Gasteiger partial charge is 0.346 e. The van der Waals surface area contributed by atoms with Gasteiger partial charge in [0.2, 0.25) is 5.88 Å². The summed E-state index contributed by atoms with van der Waals surface area (Å²) in [4.78, 5) is 23.7. The van der Waals surface area contributed by atoms with Crippen LogP contribution in [-0.4, -0.2) is 29.7 Å². The number of aromatic nitrogens is 1. The summed E-state index contributed by atoms with van der Waals surface area (Å²) < 4.78 is 9.63. The van der Waals surface area contributed by atoms with E-state index >= 15 is 0 Å². The summed E-state index contributed by atoms with van der Waals surface area (Å²) >= 11 is 0. The van der Waals surface area contributed by atoms with Crippen LogP contribution in [0.2, 0.25) is 0 Å². The lowest BCUT2D eigenvalue weighted by Crippen LogP contribution is -2.36. The van der Waals surface area contributed by atoms with Crippen molar-refractivity contribution in [2.45, 2.75) is 32.7 Å². The van der Waals surface area contributed by atoms with Crippen LogP contribution in [0.4, 0.5) is 5.88 Å². The van der Waals surface area contributed by atoms with E-state index in [0.717, 1.165) is 12.8 Å². The normalized spacial score (nSPS) is 11.8. The molecule has 1 atom stereocenters. The van der Waals surface area contributed by atoms with Gasteiger partial charge in [-0.1, -0.05) is 35.5 Å². The monoisotopic (exact) mass is 331 g/mol. The predicted molar refractivity (Wildman–Crippen MR) is 88.3 cm³/mol. The summed E-state index contributed by atoms with van der Waals surface area (Å²) in [5, 5.41) is 6.36. The molecule has 1 aromatic carbocycles. The first-order chi connectivity index (χ1) is 11.5. The highest BCUT2D eigenvalue weighted by molar-refractivity contribution is 5.96. The summed E-state index contributed by atoms with van der Waals surface area (Å²) in [7, 11) is 0. The van der Waals surface area contributed by atoms with Crippen LogP contribution >= 0.6 is 0 Å². The first-order valence-corrected chi connectivity index (χ1v) is 7.69. The molecule has 1 aromatic heterocycles. The second-order valence-corrected chi connectivity index (χ2v) is 5.58. The first-order valence-electron chi connectivity index (χ1n) is 7.69. The topological polar surface area (TPSA) is 107 Å². The van der Waals surface area contributed by atoms with Gasteiger partial charge in [0.15, 0.2) is 6.61 Å². The molecular weight excluding hydrogens is 310 g/mol. The lowest BCUT2D eigenvalue weighted by atomic mass is 10.1. The molecule has 7 heteroatoms. The first kappa shape index (κ1) is 17.5. The number of aryl methyl sites for hydroxylation is 2. The minimum atomic E-state index is -0.724. The Morgan fingerprint density at radius 1 is 1.33 bits per heavy atom. The van der Waals surface area contributed by atoms with Gasteiger partial charge in [0.25, 0.3) is 5.91 Å². The summed E-state index contributed by atoms with van der Waals surface area (Å²) in [5.74, 6) is -1.20. The zero-order chi connectivity index (χ0) is 17.5. The maximum atomic E-state index is 11.9. The van der Waals surface area contributed by atoms with Crippen molar-refractivity contribution in [1.82, 2.24) is 10.5 Å². The summed E-state index contributed by atoms with van der Waals surface area (Å²) in [6.07, 6.45) is 1.65.